The molecule has 2 aromatic carbocycles. The Morgan fingerprint density at radius 1 is 0.750 bits per heavy atom. The number of nitrogens with zero attached hydrogens (tertiary/aromatic N) is 1. The van der Waals surface area contributed by atoms with E-state index in [-0.39, 0.29) is 0 Å². The van der Waals surface area contributed by atoms with Gasteiger partial charge in [-0.05, 0) is 31.0 Å². The van der Waals surface area contributed by atoms with Crippen LogP contribution in [-0.4, -0.2) is 4.98 Å². The minimum absolute atomic E-state index is 1.03. The fourth-order valence-electron chi connectivity index (χ4n) is 2.44. The number of aryl methyl sites for hydroxylation is 2. The Bertz CT molecular complexity index is 730. The molecule has 0 N–H and O–H groups in total. The lowest BCUT2D eigenvalue weighted by molar-refractivity contribution is 1.28. The zero-order valence-corrected chi connectivity index (χ0v) is 11.8. The van der Waals surface area contributed by atoms with Crippen molar-refractivity contribution in [2.24, 2.45) is 0 Å². The summed E-state index contributed by atoms with van der Waals surface area (Å²) in [6.45, 7) is 4.26. The molecule has 0 aliphatic rings. The molecule has 1 heterocycles. The molecule has 1 nitrogen and oxygen atoms in total. The average Bonchev–Trinajstić information content (AvgIpc) is 2.48. The molecule has 0 unspecified atom stereocenters. The van der Waals surface area contributed by atoms with E-state index >= 15 is 0 Å². The molecule has 0 amide bonds. The summed E-state index contributed by atoms with van der Waals surface area (Å²) in [5.41, 5.74) is 7.15. The number of hydrogen-bond donors (Lipinski definition) is 0. The first-order valence-corrected chi connectivity index (χ1v) is 6.83. The lowest BCUT2D eigenvalue weighted by Gasteiger charge is -2.09. The Kier molecular flexibility index (Phi) is 3.34. The van der Waals surface area contributed by atoms with Crippen LogP contribution in [0.15, 0.2) is 66.9 Å². The van der Waals surface area contributed by atoms with Gasteiger partial charge in [-0.25, -0.2) is 0 Å². The number of hydrogen-bond acceptors (Lipinski definition) is 1. The van der Waals surface area contributed by atoms with Crippen molar-refractivity contribution in [1.82, 2.24) is 4.98 Å². The van der Waals surface area contributed by atoms with Crippen LogP contribution in [0, 0.1) is 13.8 Å². The molecule has 20 heavy (non-hydrogen) atoms. The molecule has 3 aromatic rings. The first-order valence-electron chi connectivity index (χ1n) is 6.83. The van der Waals surface area contributed by atoms with Gasteiger partial charge in [0.25, 0.3) is 0 Å². The van der Waals surface area contributed by atoms with E-state index in [2.05, 4.69) is 61.3 Å². The first kappa shape index (κ1) is 12.6. The van der Waals surface area contributed by atoms with E-state index in [1.807, 2.05) is 24.4 Å². The van der Waals surface area contributed by atoms with E-state index in [0.717, 1.165) is 11.3 Å². The fraction of sp³-hybridized carbons (Fsp3) is 0.105. The monoisotopic (exact) mass is 259 g/mol. The van der Waals surface area contributed by atoms with E-state index in [0.29, 0.717) is 0 Å². The lowest BCUT2D eigenvalue weighted by Crippen LogP contribution is -1.89. The lowest BCUT2D eigenvalue weighted by atomic mass is 9.99. The number of pyridine rings is 1. The van der Waals surface area contributed by atoms with Gasteiger partial charge in [0.05, 0.1) is 5.69 Å². The van der Waals surface area contributed by atoms with Crippen LogP contribution in [-0.2, 0) is 0 Å². The third-order valence-electron chi connectivity index (χ3n) is 3.51. The molecular formula is C19H17N. The van der Waals surface area contributed by atoms with Crippen molar-refractivity contribution in [3.8, 4) is 22.4 Å². The quantitative estimate of drug-likeness (QED) is 0.628. The summed E-state index contributed by atoms with van der Waals surface area (Å²) < 4.78 is 0. The summed E-state index contributed by atoms with van der Waals surface area (Å²) in [5, 5.41) is 0. The van der Waals surface area contributed by atoms with Gasteiger partial charge >= 0.3 is 0 Å². The Morgan fingerprint density at radius 2 is 1.50 bits per heavy atom. The van der Waals surface area contributed by atoms with E-state index in [1.165, 1.54) is 22.3 Å². The van der Waals surface area contributed by atoms with Crippen molar-refractivity contribution in [1.29, 1.82) is 0 Å². The van der Waals surface area contributed by atoms with Gasteiger partial charge in [0.15, 0.2) is 0 Å². The maximum absolute atomic E-state index is 4.62. The predicted octanol–water partition coefficient (Wildman–Crippen LogP) is 5.03. The van der Waals surface area contributed by atoms with Gasteiger partial charge in [-0.15, -0.1) is 0 Å². The molecule has 0 saturated carbocycles. The second-order valence-electron chi connectivity index (χ2n) is 5.12. The zero-order chi connectivity index (χ0) is 13.9. The van der Waals surface area contributed by atoms with Crippen LogP contribution < -0.4 is 0 Å². The van der Waals surface area contributed by atoms with Crippen LogP contribution in [0.5, 0.6) is 0 Å². The fourth-order valence-corrected chi connectivity index (χ4v) is 2.44. The normalized spacial score (nSPS) is 10.5. The summed E-state index contributed by atoms with van der Waals surface area (Å²) in [6.07, 6.45) is 1.98. The molecule has 1 aromatic heterocycles. The highest BCUT2D eigenvalue weighted by molar-refractivity contribution is 5.70. The second-order valence-corrected chi connectivity index (χ2v) is 5.12. The molecule has 0 fully saturated rings. The highest BCUT2D eigenvalue weighted by atomic mass is 14.7. The Hall–Kier alpha value is -2.41. The molecule has 0 aliphatic heterocycles. The second kappa shape index (κ2) is 5.30. The largest absolute Gasteiger partial charge is 0.256 e. The van der Waals surface area contributed by atoms with Crippen LogP contribution in [0.4, 0.5) is 0 Å². The molecule has 0 bridgehead atoms. The summed E-state index contributed by atoms with van der Waals surface area (Å²) >= 11 is 0. The van der Waals surface area contributed by atoms with Crippen LogP contribution in [0.2, 0.25) is 0 Å². The number of benzene rings is 2. The summed E-state index contributed by atoms with van der Waals surface area (Å²) in [5.74, 6) is 0. The molecule has 0 radical (unpaired) electrons. The molecule has 0 spiro atoms. The third kappa shape index (κ3) is 2.48. The van der Waals surface area contributed by atoms with Gasteiger partial charge < -0.3 is 0 Å². The van der Waals surface area contributed by atoms with Crippen LogP contribution in [0.1, 0.15) is 11.1 Å². The van der Waals surface area contributed by atoms with Gasteiger partial charge in [0, 0.05) is 17.3 Å². The number of aromatic nitrogens is 1. The highest BCUT2D eigenvalue weighted by Crippen LogP contribution is 2.26. The van der Waals surface area contributed by atoms with E-state index in [4.69, 9.17) is 0 Å². The van der Waals surface area contributed by atoms with Crippen LogP contribution >= 0.6 is 0 Å². The summed E-state index contributed by atoms with van der Waals surface area (Å²) in [6, 6.07) is 21.0. The van der Waals surface area contributed by atoms with Gasteiger partial charge in [-0.1, -0.05) is 60.2 Å². The van der Waals surface area contributed by atoms with E-state index in [1.54, 1.807) is 0 Å². The van der Waals surface area contributed by atoms with Gasteiger partial charge in [0.1, 0.15) is 0 Å². The van der Waals surface area contributed by atoms with Gasteiger partial charge in [0.2, 0.25) is 0 Å². The average molecular weight is 259 g/mol. The minimum Gasteiger partial charge on any atom is -0.256 e. The maximum Gasteiger partial charge on any atom is 0.0705 e. The van der Waals surface area contributed by atoms with Gasteiger partial charge in [-0.3, -0.25) is 4.98 Å². The predicted molar refractivity (Wildman–Crippen MR) is 84.6 cm³/mol. The molecule has 0 aliphatic carbocycles. The van der Waals surface area contributed by atoms with Crippen molar-refractivity contribution in [2.75, 3.05) is 0 Å². The first-order chi connectivity index (χ1) is 9.74. The van der Waals surface area contributed by atoms with E-state index < -0.39 is 0 Å². The van der Waals surface area contributed by atoms with Crippen molar-refractivity contribution in [2.45, 2.75) is 13.8 Å². The smallest absolute Gasteiger partial charge is 0.0705 e. The van der Waals surface area contributed by atoms with Crippen molar-refractivity contribution >= 4 is 0 Å². The van der Waals surface area contributed by atoms with Crippen molar-refractivity contribution in [3.63, 3.8) is 0 Å². The van der Waals surface area contributed by atoms with Crippen molar-refractivity contribution < 1.29 is 0 Å². The van der Waals surface area contributed by atoms with Crippen LogP contribution in [0.3, 0.4) is 0 Å². The molecule has 1 heteroatoms. The van der Waals surface area contributed by atoms with Gasteiger partial charge in [-0.2, -0.15) is 0 Å². The molecule has 0 atom stereocenters. The Labute approximate surface area is 119 Å². The minimum atomic E-state index is 1.03. The molecule has 0 saturated heterocycles. The number of rotatable bonds is 2. The standard InChI is InChI=1S/C19H17N/c1-14-7-6-10-17(11-14)18-13-20-19(12-15(18)2)16-8-4-3-5-9-16/h3-13H,1-2H3. The third-order valence-corrected chi connectivity index (χ3v) is 3.51. The summed E-state index contributed by atoms with van der Waals surface area (Å²) in [4.78, 5) is 4.62. The molecular weight excluding hydrogens is 242 g/mol. The SMILES string of the molecule is Cc1cccc(-c2cnc(-c3ccccc3)cc2C)c1. The maximum atomic E-state index is 4.62. The van der Waals surface area contributed by atoms with E-state index in [9.17, 15) is 0 Å². The Balaban J connectivity index is 2.04. The Morgan fingerprint density at radius 3 is 2.20 bits per heavy atom. The molecule has 3 rings (SSSR count). The van der Waals surface area contributed by atoms with Crippen LogP contribution in [0.25, 0.3) is 22.4 Å². The topological polar surface area (TPSA) is 12.9 Å². The summed E-state index contributed by atoms with van der Waals surface area (Å²) in [7, 11) is 0. The highest BCUT2D eigenvalue weighted by Gasteiger charge is 2.05. The van der Waals surface area contributed by atoms with Crippen molar-refractivity contribution in [3.05, 3.63) is 78.0 Å². The zero-order valence-electron chi connectivity index (χ0n) is 11.8. The molecule has 98 valence electrons.